The number of nitrogens with one attached hydrogen (secondary N) is 1. The van der Waals surface area contributed by atoms with Gasteiger partial charge < -0.3 is 16.0 Å². The second-order valence-electron chi connectivity index (χ2n) is 9.56. The molecule has 5 N–H and O–H groups in total. The Balaban J connectivity index is 1.84. The molecule has 182 valence electrons. The second kappa shape index (κ2) is 9.46. The van der Waals surface area contributed by atoms with Crippen molar-refractivity contribution in [1.82, 2.24) is 14.9 Å². The van der Waals surface area contributed by atoms with Crippen LogP contribution in [-0.4, -0.2) is 26.8 Å². The van der Waals surface area contributed by atoms with Crippen molar-refractivity contribution in [3.05, 3.63) is 45.9 Å². The maximum atomic E-state index is 15.1. The molecular formula is C23H28ClFN6O3. The van der Waals surface area contributed by atoms with Gasteiger partial charge >= 0.3 is 0 Å². The standard InChI is InChI=1S/C23H28ClFN6O3/c1-11(2)31-21(26)17(22(27)33)20(29-31)14-7-6-12(19(25)18(14)24)8-15(32)28-16-9-13(30-34-16)10-23(3,4)5/h6-7,9,11H,8,10,26H2,1-5H3,(H2,27,33)(H,28,32). The van der Waals surface area contributed by atoms with Gasteiger partial charge in [0.15, 0.2) is 0 Å². The predicted molar refractivity (Wildman–Crippen MR) is 128 cm³/mol. The Labute approximate surface area is 201 Å². The average Bonchev–Trinajstić information content (AvgIpc) is 3.27. The molecule has 0 fully saturated rings. The van der Waals surface area contributed by atoms with Crippen molar-refractivity contribution in [3.63, 3.8) is 0 Å². The van der Waals surface area contributed by atoms with Crippen LogP contribution in [0.25, 0.3) is 11.3 Å². The molecule has 0 aliphatic carbocycles. The first-order valence-electron chi connectivity index (χ1n) is 10.7. The van der Waals surface area contributed by atoms with E-state index >= 15 is 4.39 Å². The number of primary amides is 1. The van der Waals surface area contributed by atoms with Gasteiger partial charge in [-0.2, -0.15) is 5.10 Å². The van der Waals surface area contributed by atoms with E-state index in [0.29, 0.717) is 12.1 Å². The largest absolute Gasteiger partial charge is 0.383 e. The van der Waals surface area contributed by atoms with Crippen molar-refractivity contribution in [1.29, 1.82) is 0 Å². The van der Waals surface area contributed by atoms with E-state index in [2.05, 4.69) is 36.3 Å². The molecule has 2 amide bonds. The topological polar surface area (TPSA) is 142 Å². The molecule has 0 aliphatic heterocycles. The lowest BCUT2D eigenvalue weighted by atomic mass is 9.91. The summed E-state index contributed by atoms with van der Waals surface area (Å²) in [6.45, 7) is 9.82. The number of halogens is 2. The summed E-state index contributed by atoms with van der Waals surface area (Å²) in [6, 6.07) is 4.34. The first-order valence-corrected chi connectivity index (χ1v) is 11.1. The summed E-state index contributed by atoms with van der Waals surface area (Å²) < 4.78 is 21.7. The molecule has 0 saturated heterocycles. The highest BCUT2D eigenvalue weighted by Gasteiger charge is 2.26. The molecular weight excluding hydrogens is 463 g/mol. The zero-order valence-electron chi connectivity index (χ0n) is 19.7. The van der Waals surface area contributed by atoms with Crippen molar-refractivity contribution in [2.45, 2.75) is 53.5 Å². The van der Waals surface area contributed by atoms with Crippen molar-refractivity contribution < 1.29 is 18.5 Å². The van der Waals surface area contributed by atoms with E-state index < -0.39 is 17.6 Å². The Morgan fingerprint density at radius 2 is 1.97 bits per heavy atom. The zero-order valence-corrected chi connectivity index (χ0v) is 20.5. The van der Waals surface area contributed by atoms with Crippen LogP contribution in [0.4, 0.5) is 16.1 Å². The average molecular weight is 491 g/mol. The molecule has 0 radical (unpaired) electrons. The van der Waals surface area contributed by atoms with E-state index in [4.69, 9.17) is 27.6 Å². The smallest absolute Gasteiger partial charge is 0.254 e. The van der Waals surface area contributed by atoms with Gasteiger partial charge in [-0.3, -0.25) is 14.9 Å². The Hall–Kier alpha value is -3.40. The molecule has 0 bridgehead atoms. The summed E-state index contributed by atoms with van der Waals surface area (Å²) in [7, 11) is 0. The molecule has 11 heteroatoms. The number of nitrogens with zero attached hydrogens (tertiary/aromatic N) is 3. The molecule has 2 aromatic heterocycles. The molecule has 1 aromatic carbocycles. The van der Waals surface area contributed by atoms with Crippen molar-refractivity contribution in [2.24, 2.45) is 11.1 Å². The molecule has 3 aromatic rings. The predicted octanol–water partition coefficient (Wildman–Crippen LogP) is 4.36. The maximum Gasteiger partial charge on any atom is 0.254 e. The SMILES string of the molecule is CC(C)n1nc(-c2ccc(CC(=O)Nc3cc(CC(C)(C)C)no3)c(F)c2Cl)c(C(N)=O)c1N. The van der Waals surface area contributed by atoms with Gasteiger partial charge in [-0.15, -0.1) is 0 Å². The number of nitrogens with two attached hydrogens (primary N) is 2. The molecule has 0 unspecified atom stereocenters. The molecule has 3 rings (SSSR count). The van der Waals surface area contributed by atoms with Gasteiger partial charge in [0, 0.05) is 17.7 Å². The number of hydrogen-bond acceptors (Lipinski definition) is 6. The van der Waals surface area contributed by atoms with Crippen LogP contribution in [-0.2, 0) is 17.6 Å². The highest BCUT2D eigenvalue weighted by Crippen LogP contribution is 2.36. The molecule has 0 spiro atoms. The van der Waals surface area contributed by atoms with E-state index in [-0.39, 0.29) is 57.0 Å². The van der Waals surface area contributed by atoms with Gasteiger partial charge in [0.05, 0.1) is 17.1 Å². The van der Waals surface area contributed by atoms with Crippen molar-refractivity contribution in [3.8, 4) is 11.3 Å². The van der Waals surface area contributed by atoms with E-state index in [0.717, 1.165) is 0 Å². The van der Waals surface area contributed by atoms with Crippen LogP contribution in [0.15, 0.2) is 22.7 Å². The quantitative estimate of drug-likeness (QED) is 0.449. The lowest BCUT2D eigenvalue weighted by Crippen LogP contribution is -2.15. The molecule has 2 heterocycles. The number of aromatic nitrogens is 3. The van der Waals surface area contributed by atoms with Gasteiger partial charge in [-0.05, 0) is 31.2 Å². The van der Waals surface area contributed by atoms with Crippen LogP contribution in [0, 0.1) is 11.2 Å². The second-order valence-corrected chi connectivity index (χ2v) is 9.93. The minimum atomic E-state index is -0.812. The third-order valence-corrected chi connectivity index (χ3v) is 5.35. The van der Waals surface area contributed by atoms with E-state index in [1.165, 1.54) is 16.8 Å². The van der Waals surface area contributed by atoms with Crippen molar-refractivity contribution in [2.75, 3.05) is 11.1 Å². The summed E-state index contributed by atoms with van der Waals surface area (Å²) >= 11 is 6.28. The van der Waals surface area contributed by atoms with Gasteiger partial charge in [0.25, 0.3) is 5.91 Å². The third-order valence-electron chi connectivity index (χ3n) is 4.98. The molecule has 9 nitrogen and oxygen atoms in total. The summed E-state index contributed by atoms with van der Waals surface area (Å²) in [5.41, 5.74) is 12.4. The van der Waals surface area contributed by atoms with Crippen LogP contribution >= 0.6 is 11.6 Å². The molecule has 0 aliphatic rings. The fourth-order valence-electron chi connectivity index (χ4n) is 3.53. The number of amides is 2. The van der Waals surface area contributed by atoms with E-state index in [1.54, 1.807) is 6.07 Å². The first kappa shape index (κ1) is 25.2. The number of nitrogen functional groups attached to an aromatic ring is 1. The fourth-order valence-corrected chi connectivity index (χ4v) is 3.81. The monoisotopic (exact) mass is 490 g/mol. The molecule has 0 saturated carbocycles. The summed E-state index contributed by atoms with van der Waals surface area (Å²) in [5.74, 6) is -1.89. The summed E-state index contributed by atoms with van der Waals surface area (Å²) in [4.78, 5) is 24.5. The fraction of sp³-hybridized carbons (Fsp3) is 0.391. The minimum Gasteiger partial charge on any atom is -0.383 e. The first-order chi connectivity index (χ1) is 15.8. The lowest BCUT2D eigenvalue weighted by Gasteiger charge is -2.14. The number of carbonyl (C=O) groups is 2. The Kier molecular flexibility index (Phi) is 7.02. The number of carbonyl (C=O) groups excluding carboxylic acids is 2. The summed E-state index contributed by atoms with van der Waals surface area (Å²) in [5, 5.41) is 10.5. The number of hydrogen-bond donors (Lipinski definition) is 3. The van der Waals surface area contributed by atoms with Crippen molar-refractivity contribution >= 4 is 35.1 Å². The van der Waals surface area contributed by atoms with E-state index in [1.807, 2.05) is 13.8 Å². The van der Waals surface area contributed by atoms with E-state index in [9.17, 15) is 9.59 Å². The Bertz CT molecular complexity index is 1240. The Morgan fingerprint density at radius 1 is 1.29 bits per heavy atom. The molecule has 34 heavy (non-hydrogen) atoms. The van der Waals surface area contributed by atoms with Crippen LogP contribution < -0.4 is 16.8 Å². The van der Waals surface area contributed by atoms with Crippen LogP contribution in [0.5, 0.6) is 0 Å². The zero-order chi connectivity index (χ0) is 25.4. The highest BCUT2D eigenvalue weighted by atomic mass is 35.5. The van der Waals surface area contributed by atoms with Gasteiger partial charge in [-0.1, -0.05) is 49.7 Å². The lowest BCUT2D eigenvalue weighted by molar-refractivity contribution is -0.115. The van der Waals surface area contributed by atoms with Crippen LogP contribution in [0.2, 0.25) is 5.02 Å². The molecule has 0 atom stereocenters. The van der Waals surface area contributed by atoms with Gasteiger partial charge in [0.1, 0.15) is 22.9 Å². The highest BCUT2D eigenvalue weighted by molar-refractivity contribution is 6.33. The minimum absolute atomic E-state index is 0.00379. The number of anilines is 2. The maximum absolute atomic E-state index is 15.1. The summed E-state index contributed by atoms with van der Waals surface area (Å²) in [6.07, 6.45) is 0.370. The van der Waals surface area contributed by atoms with Gasteiger partial charge in [-0.25, -0.2) is 9.07 Å². The number of benzene rings is 1. The Morgan fingerprint density at radius 3 is 2.56 bits per heavy atom. The third kappa shape index (κ3) is 5.39. The van der Waals surface area contributed by atoms with Gasteiger partial charge in [0.2, 0.25) is 11.8 Å². The number of rotatable bonds is 7. The van der Waals surface area contributed by atoms with Crippen LogP contribution in [0.1, 0.15) is 62.3 Å². The van der Waals surface area contributed by atoms with Crippen LogP contribution in [0.3, 0.4) is 0 Å². The normalized spacial score (nSPS) is 11.8.